The number of hydrogen-bond acceptors (Lipinski definition) is 4. The van der Waals surface area contributed by atoms with Crippen LogP contribution >= 0.6 is 11.6 Å². The maximum atomic E-state index is 12.6. The van der Waals surface area contributed by atoms with Crippen molar-refractivity contribution in [3.05, 3.63) is 76.6 Å². The largest absolute Gasteiger partial charge is 0.495 e. The molecular formula is C20H18ClN3O3. The Kier molecular flexibility index (Phi) is 4.83. The first-order valence-electron chi connectivity index (χ1n) is 8.52. The van der Waals surface area contributed by atoms with E-state index in [0.717, 1.165) is 11.3 Å². The summed E-state index contributed by atoms with van der Waals surface area (Å²) < 4.78 is 13.0. The zero-order valence-electron chi connectivity index (χ0n) is 14.7. The van der Waals surface area contributed by atoms with E-state index in [-0.39, 0.29) is 12.0 Å². The molecule has 0 spiro atoms. The molecule has 1 atom stereocenters. The minimum Gasteiger partial charge on any atom is -0.495 e. The van der Waals surface area contributed by atoms with E-state index < -0.39 is 0 Å². The van der Waals surface area contributed by atoms with Crippen LogP contribution in [0.4, 0.5) is 5.69 Å². The van der Waals surface area contributed by atoms with Crippen molar-refractivity contribution in [2.75, 3.05) is 12.4 Å². The third kappa shape index (κ3) is 3.67. The van der Waals surface area contributed by atoms with E-state index in [4.69, 9.17) is 21.1 Å². The number of carbonyl (C=O) groups is 1. The Morgan fingerprint density at radius 2 is 2.04 bits per heavy atom. The summed E-state index contributed by atoms with van der Waals surface area (Å²) >= 11 is 5.95. The quantitative estimate of drug-likeness (QED) is 0.737. The second-order valence-electron chi connectivity index (χ2n) is 6.21. The number of benzene rings is 2. The van der Waals surface area contributed by atoms with E-state index >= 15 is 0 Å². The van der Waals surface area contributed by atoms with E-state index in [1.165, 1.54) is 0 Å². The molecule has 0 radical (unpaired) electrons. The number of anilines is 1. The molecule has 1 aromatic heterocycles. The van der Waals surface area contributed by atoms with E-state index in [0.29, 0.717) is 35.3 Å². The fraction of sp³-hybridized carbons (Fsp3) is 0.200. The average Bonchev–Trinajstić information content (AvgIpc) is 3.12. The highest BCUT2D eigenvalue weighted by atomic mass is 35.5. The number of methoxy groups -OCH3 is 1. The fourth-order valence-corrected chi connectivity index (χ4v) is 3.18. The minimum atomic E-state index is -0.288. The summed E-state index contributed by atoms with van der Waals surface area (Å²) in [7, 11) is 1.56. The number of aromatic nitrogens is 2. The standard InChI is InChI=1S/C20H18ClN3O3/c1-26-18-5-3-2-4-16(18)22-20(25)17-10-15-12-27-19(11-24(15)23-17)13-6-8-14(21)9-7-13/h2-10,19H,11-12H2,1H3,(H,22,25). The molecule has 1 unspecified atom stereocenters. The van der Waals surface area contributed by atoms with E-state index in [1.54, 1.807) is 25.3 Å². The molecule has 27 heavy (non-hydrogen) atoms. The van der Waals surface area contributed by atoms with Crippen molar-refractivity contribution in [2.45, 2.75) is 19.3 Å². The van der Waals surface area contributed by atoms with Crippen molar-refractivity contribution in [3.63, 3.8) is 0 Å². The molecule has 1 aliphatic heterocycles. The van der Waals surface area contributed by atoms with Crippen LogP contribution in [-0.2, 0) is 17.9 Å². The lowest BCUT2D eigenvalue weighted by Gasteiger charge is -2.24. The lowest BCUT2D eigenvalue weighted by Crippen LogP contribution is -2.22. The molecule has 0 fully saturated rings. The highest BCUT2D eigenvalue weighted by molar-refractivity contribution is 6.30. The number of halogens is 1. The Morgan fingerprint density at radius 3 is 2.81 bits per heavy atom. The van der Waals surface area contributed by atoms with Crippen LogP contribution in [0.5, 0.6) is 5.75 Å². The molecule has 3 aromatic rings. The number of para-hydroxylation sites is 2. The van der Waals surface area contributed by atoms with E-state index in [9.17, 15) is 4.79 Å². The number of ether oxygens (including phenoxy) is 2. The van der Waals surface area contributed by atoms with Gasteiger partial charge >= 0.3 is 0 Å². The molecule has 6 nitrogen and oxygen atoms in total. The summed E-state index contributed by atoms with van der Waals surface area (Å²) in [5, 5.41) is 7.98. The van der Waals surface area contributed by atoms with Gasteiger partial charge in [-0.05, 0) is 35.9 Å². The Balaban J connectivity index is 1.51. The molecule has 138 valence electrons. The predicted octanol–water partition coefficient (Wildman–Crippen LogP) is 4.07. The highest BCUT2D eigenvalue weighted by Gasteiger charge is 2.24. The van der Waals surface area contributed by atoms with Crippen molar-refractivity contribution < 1.29 is 14.3 Å². The van der Waals surface area contributed by atoms with Crippen LogP contribution in [0.25, 0.3) is 0 Å². The smallest absolute Gasteiger partial charge is 0.276 e. The molecule has 7 heteroatoms. The van der Waals surface area contributed by atoms with Crippen LogP contribution < -0.4 is 10.1 Å². The van der Waals surface area contributed by atoms with Gasteiger partial charge in [0.1, 0.15) is 11.9 Å². The maximum absolute atomic E-state index is 12.6. The summed E-state index contributed by atoms with van der Waals surface area (Å²) in [5.41, 5.74) is 2.84. The molecule has 0 saturated carbocycles. The molecule has 2 aromatic carbocycles. The van der Waals surface area contributed by atoms with Gasteiger partial charge in [-0.3, -0.25) is 9.48 Å². The number of nitrogens with one attached hydrogen (secondary N) is 1. The number of nitrogens with zero attached hydrogens (tertiary/aromatic N) is 2. The van der Waals surface area contributed by atoms with Crippen LogP contribution in [0.15, 0.2) is 54.6 Å². The van der Waals surface area contributed by atoms with E-state index in [1.807, 2.05) is 41.1 Å². The maximum Gasteiger partial charge on any atom is 0.276 e. The molecule has 0 saturated heterocycles. The van der Waals surface area contributed by atoms with Gasteiger partial charge in [-0.2, -0.15) is 5.10 Å². The van der Waals surface area contributed by atoms with Crippen LogP contribution in [0.3, 0.4) is 0 Å². The van der Waals surface area contributed by atoms with Gasteiger partial charge in [0.2, 0.25) is 0 Å². The van der Waals surface area contributed by atoms with Gasteiger partial charge in [-0.1, -0.05) is 35.9 Å². The van der Waals surface area contributed by atoms with Gasteiger partial charge in [0.25, 0.3) is 5.91 Å². The second-order valence-corrected chi connectivity index (χ2v) is 6.65. The fourth-order valence-electron chi connectivity index (χ4n) is 3.05. The highest BCUT2D eigenvalue weighted by Crippen LogP contribution is 2.28. The van der Waals surface area contributed by atoms with Gasteiger partial charge in [-0.15, -0.1) is 0 Å². The third-order valence-corrected chi connectivity index (χ3v) is 4.72. The number of carbonyl (C=O) groups excluding carboxylic acids is 1. The molecule has 4 rings (SSSR count). The summed E-state index contributed by atoms with van der Waals surface area (Å²) in [6, 6.07) is 16.6. The molecule has 1 amide bonds. The number of amides is 1. The lowest BCUT2D eigenvalue weighted by atomic mass is 10.1. The first-order valence-corrected chi connectivity index (χ1v) is 8.90. The number of fused-ring (bicyclic) bond motifs is 1. The second kappa shape index (κ2) is 7.42. The minimum absolute atomic E-state index is 0.125. The van der Waals surface area contributed by atoms with Crippen LogP contribution in [0.1, 0.15) is 27.8 Å². The third-order valence-electron chi connectivity index (χ3n) is 4.46. The van der Waals surface area contributed by atoms with Crippen molar-refractivity contribution in [2.24, 2.45) is 0 Å². The monoisotopic (exact) mass is 383 g/mol. The molecular weight excluding hydrogens is 366 g/mol. The Labute approximate surface area is 161 Å². The van der Waals surface area contributed by atoms with Gasteiger partial charge in [-0.25, -0.2) is 0 Å². The zero-order valence-corrected chi connectivity index (χ0v) is 15.4. The van der Waals surface area contributed by atoms with Gasteiger partial charge in [0.15, 0.2) is 5.69 Å². The summed E-state index contributed by atoms with van der Waals surface area (Å²) in [4.78, 5) is 12.6. The average molecular weight is 384 g/mol. The van der Waals surface area contributed by atoms with Gasteiger partial charge in [0, 0.05) is 5.02 Å². The topological polar surface area (TPSA) is 65.4 Å². The van der Waals surface area contributed by atoms with Crippen molar-refractivity contribution in [1.82, 2.24) is 9.78 Å². The van der Waals surface area contributed by atoms with Crippen LogP contribution in [0, 0.1) is 0 Å². The summed E-state index contributed by atoms with van der Waals surface area (Å²) in [6.07, 6.45) is -0.125. The molecule has 0 bridgehead atoms. The number of hydrogen-bond donors (Lipinski definition) is 1. The normalized spacial score (nSPS) is 15.9. The first-order chi connectivity index (χ1) is 13.1. The SMILES string of the molecule is COc1ccccc1NC(=O)c1cc2n(n1)CC(c1ccc(Cl)cc1)OC2. The van der Waals surface area contributed by atoms with Crippen LogP contribution in [-0.4, -0.2) is 22.8 Å². The molecule has 2 heterocycles. The zero-order chi connectivity index (χ0) is 18.8. The first kappa shape index (κ1) is 17.6. The van der Waals surface area contributed by atoms with Crippen LogP contribution in [0.2, 0.25) is 5.02 Å². The van der Waals surface area contributed by atoms with Gasteiger partial charge < -0.3 is 14.8 Å². The Hall–Kier alpha value is -2.83. The Bertz CT molecular complexity index is 969. The Morgan fingerprint density at radius 1 is 1.26 bits per heavy atom. The van der Waals surface area contributed by atoms with Crippen molar-refractivity contribution in [3.8, 4) is 5.75 Å². The number of rotatable bonds is 4. The van der Waals surface area contributed by atoms with Crippen molar-refractivity contribution in [1.29, 1.82) is 0 Å². The van der Waals surface area contributed by atoms with Gasteiger partial charge in [0.05, 0.1) is 31.6 Å². The molecule has 1 N–H and O–H groups in total. The lowest BCUT2D eigenvalue weighted by molar-refractivity contribution is -0.00118. The molecule has 0 aliphatic carbocycles. The predicted molar refractivity (Wildman–Crippen MR) is 102 cm³/mol. The summed E-state index contributed by atoms with van der Waals surface area (Å²) in [6.45, 7) is 0.932. The van der Waals surface area contributed by atoms with Crippen molar-refractivity contribution >= 4 is 23.2 Å². The van der Waals surface area contributed by atoms with E-state index in [2.05, 4.69) is 10.4 Å². The molecule has 1 aliphatic rings. The summed E-state index contributed by atoms with van der Waals surface area (Å²) in [5.74, 6) is 0.311.